The maximum Gasteiger partial charge on any atom is 0.309 e. The molecular formula is C8H14O2. The lowest BCUT2D eigenvalue weighted by atomic mass is 9.82. The fourth-order valence-corrected chi connectivity index (χ4v) is 1.33. The summed E-state index contributed by atoms with van der Waals surface area (Å²) < 4.78 is 0. The Kier molecular flexibility index (Phi) is 1.71. The first-order chi connectivity index (χ1) is 4.61. The smallest absolute Gasteiger partial charge is 0.309 e. The molecule has 0 heterocycles. The van der Waals surface area contributed by atoms with Crippen LogP contribution >= 0.6 is 0 Å². The zero-order valence-electron chi connectivity index (χ0n) is 6.55. The fraction of sp³-hybridized carbons (Fsp3) is 0.875. The maximum absolute atomic E-state index is 10.7. The minimum Gasteiger partial charge on any atom is -0.481 e. The maximum atomic E-state index is 10.7. The number of carboxylic acid groups (broad SMARTS) is 1. The molecule has 10 heavy (non-hydrogen) atoms. The summed E-state index contributed by atoms with van der Waals surface area (Å²) >= 11 is 0. The molecule has 0 unspecified atom stereocenters. The van der Waals surface area contributed by atoms with Crippen LogP contribution in [0.4, 0.5) is 0 Å². The molecular weight excluding hydrogens is 128 g/mol. The van der Waals surface area contributed by atoms with E-state index in [-0.39, 0.29) is 0 Å². The molecule has 1 fully saturated rings. The number of rotatable bonds is 3. The van der Waals surface area contributed by atoms with Crippen molar-refractivity contribution in [3.63, 3.8) is 0 Å². The van der Waals surface area contributed by atoms with Crippen molar-refractivity contribution < 1.29 is 9.90 Å². The Morgan fingerprint density at radius 2 is 2.20 bits per heavy atom. The highest BCUT2D eigenvalue weighted by atomic mass is 16.4. The molecule has 0 spiro atoms. The molecule has 0 aromatic rings. The summed E-state index contributed by atoms with van der Waals surface area (Å²) in [5.41, 5.74) is -0.431. The first-order valence-electron chi connectivity index (χ1n) is 3.84. The number of hydrogen-bond acceptors (Lipinski definition) is 1. The minimum absolute atomic E-state index is 0.431. The highest BCUT2D eigenvalue weighted by molar-refractivity contribution is 5.74. The Morgan fingerprint density at radius 3 is 2.30 bits per heavy atom. The van der Waals surface area contributed by atoms with Crippen LogP contribution in [0, 0.1) is 11.3 Å². The molecule has 0 saturated heterocycles. The van der Waals surface area contributed by atoms with Crippen LogP contribution in [0.3, 0.4) is 0 Å². The molecule has 2 heteroatoms. The third-order valence-electron chi connectivity index (χ3n) is 2.70. The van der Waals surface area contributed by atoms with Crippen LogP contribution < -0.4 is 0 Å². The lowest BCUT2D eigenvalue weighted by molar-refractivity contribution is -0.149. The summed E-state index contributed by atoms with van der Waals surface area (Å²) in [5.74, 6) is -0.174. The van der Waals surface area contributed by atoms with Gasteiger partial charge in [0.1, 0.15) is 0 Å². The topological polar surface area (TPSA) is 37.3 Å². The molecule has 0 aliphatic heterocycles. The van der Waals surface area contributed by atoms with Crippen LogP contribution in [-0.2, 0) is 4.79 Å². The lowest BCUT2D eigenvalue weighted by Gasteiger charge is -2.21. The molecule has 0 bridgehead atoms. The van der Waals surface area contributed by atoms with Gasteiger partial charge in [0.15, 0.2) is 0 Å². The zero-order valence-corrected chi connectivity index (χ0v) is 6.55. The van der Waals surface area contributed by atoms with Gasteiger partial charge in [0, 0.05) is 0 Å². The van der Waals surface area contributed by atoms with E-state index in [1.807, 2.05) is 13.8 Å². The molecule has 0 aromatic carbocycles. The van der Waals surface area contributed by atoms with E-state index in [1.54, 1.807) is 0 Å². The number of hydrogen-bond donors (Lipinski definition) is 1. The van der Waals surface area contributed by atoms with E-state index in [0.29, 0.717) is 5.92 Å². The molecule has 0 radical (unpaired) electrons. The Hall–Kier alpha value is -0.530. The summed E-state index contributed by atoms with van der Waals surface area (Å²) in [5, 5.41) is 8.84. The first kappa shape index (κ1) is 7.58. The van der Waals surface area contributed by atoms with Crippen LogP contribution in [0.5, 0.6) is 0 Å². The van der Waals surface area contributed by atoms with E-state index in [4.69, 9.17) is 5.11 Å². The normalized spacial score (nSPS) is 23.8. The molecule has 1 saturated carbocycles. The van der Waals surface area contributed by atoms with Gasteiger partial charge in [-0.2, -0.15) is 0 Å². The summed E-state index contributed by atoms with van der Waals surface area (Å²) in [6.07, 6.45) is 2.97. The quantitative estimate of drug-likeness (QED) is 0.653. The van der Waals surface area contributed by atoms with E-state index in [9.17, 15) is 4.79 Å². The van der Waals surface area contributed by atoms with Crippen molar-refractivity contribution in [2.75, 3.05) is 0 Å². The molecule has 0 aromatic heterocycles. The van der Waals surface area contributed by atoms with E-state index < -0.39 is 11.4 Å². The number of carbonyl (C=O) groups is 1. The van der Waals surface area contributed by atoms with Gasteiger partial charge < -0.3 is 5.11 Å². The van der Waals surface area contributed by atoms with Crippen molar-refractivity contribution in [2.24, 2.45) is 11.3 Å². The molecule has 0 amide bonds. The third kappa shape index (κ3) is 1.02. The summed E-state index contributed by atoms with van der Waals surface area (Å²) in [7, 11) is 0. The van der Waals surface area contributed by atoms with Crippen LogP contribution in [0.25, 0.3) is 0 Å². The van der Waals surface area contributed by atoms with Crippen molar-refractivity contribution in [3.05, 3.63) is 0 Å². The van der Waals surface area contributed by atoms with Crippen LogP contribution in [-0.4, -0.2) is 11.1 Å². The zero-order chi connectivity index (χ0) is 7.78. The Morgan fingerprint density at radius 1 is 1.70 bits per heavy atom. The van der Waals surface area contributed by atoms with E-state index in [0.717, 1.165) is 19.3 Å². The van der Waals surface area contributed by atoms with Gasteiger partial charge in [-0.1, -0.05) is 6.92 Å². The van der Waals surface area contributed by atoms with Crippen LogP contribution in [0.1, 0.15) is 33.1 Å². The summed E-state index contributed by atoms with van der Waals surface area (Å²) in [6, 6.07) is 0. The Balaban J connectivity index is 2.65. The predicted molar refractivity (Wildman–Crippen MR) is 38.8 cm³/mol. The van der Waals surface area contributed by atoms with E-state index >= 15 is 0 Å². The summed E-state index contributed by atoms with van der Waals surface area (Å²) in [6.45, 7) is 3.80. The van der Waals surface area contributed by atoms with Gasteiger partial charge in [0.2, 0.25) is 0 Å². The third-order valence-corrected chi connectivity index (χ3v) is 2.70. The van der Waals surface area contributed by atoms with Crippen LogP contribution in [0.2, 0.25) is 0 Å². The number of aliphatic carboxylic acids is 1. The molecule has 2 nitrogen and oxygen atoms in total. The first-order valence-corrected chi connectivity index (χ1v) is 3.84. The highest BCUT2D eigenvalue weighted by Crippen LogP contribution is 2.47. The second-order valence-corrected chi connectivity index (χ2v) is 3.35. The van der Waals surface area contributed by atoms with Gasteiger partial charge in [-0.3, -0.25) is 4.79 Å². The largest absolute Gasteiger partial charge is 0.481 e. The average Bonchev–Trinajstić information content (AvgIpc) is 2.67. The lowest BCUT2D eigenvalue weighted by Crippen LogP contribution is -2.28. The van der Waals surface area contributed by atoms with Crippen molar-refractivity contribution >= 4 is 5.97 Å². The van der Waals surface area contributed by atoms with Gasteiger partial charge in [-0.05, 0) is 32.1 Å². The standard InChI is InChI=1S/C8H14O2/c1-3-8(2,7(9)10)6-4-5-6/h6H,3-5H2,1-2H3,(H,9,10)/t8-/m0/s1. The fourth-order valence-electron chi connectivity index (χ4n) is 1.33. The van der Waals surface area contributed by atoms with Crippen molar-refractivity contribution in [2.45, 2.75) is 33.1 Å². The Bertz CT molecular complexity index is 149. The number of carboxylic acids is 1. The summed E-state index contributed by atoms with van der Waals surface area (Å²) in [4.78, 5) is 10.7. The average molecular weight is 142 g/mol. The van der Waals surface area contributed by atoms with Gasteiger partial charge in [-0.15, -0.1) is 0 Å². The van der Waals surface area contributed by atoms with Crippen molar-refractivity contribution in [1.82, 2.24) is 0 Å². The van der Waals surface area contributed by atoms with E-state index in [1.165, 1.54) is 0 Å². The second kappa shape index (κ2) is 2.26. The van der Waals surface area contributed by atoms with Crippen molar-refractivity contribution in [1.29, 1.82) is 0 Å². The minimum atomic E-state index is -0.627. The molecule has 58 valence electrons. The van der Waals surface area contributed by atoms with Crippen molar-refractivity contribution in [3.8, 4) is 0 Å². The van der Waals surface area contributed by atoms with Crippen LogP contribution in [0.15, 0.2) is 0 Å². The van der Waals surface area contributed by atoms with Gasteiger partial charge in [0.25, 0.3) is 0 Å². The highest BCUT2D eigenvalue weighted by Gasteiger charge is 2.45. The monoisotopic (exact) mass is 142 g/mol. The van der Waals surface area contributed by atoms with Gasteiger partial charge in [0.05, 0.1) is 5.41 Å². The second-order valence-electron chi connectivity index (χ2n) is 3.35. The molecule has 1 N–H and O–H groups in total. The van der Waals surface area contributed by atoms with Gasteiger partial charge >= 0.3 is 5.97 Å². The molecule has 1 aliphatic carbocycles. The molecule has 1 atom stereocenters. The SMILES string of the molecule is CC[C@](C)(C(=O)O)C1CC1. The Labute approximate surface area is 61.2 Å². The van der Waals surface area contributed by atoms with E-state index in [2.05, 4.69) is 0 Å². The van der Waals surface area contributed by atoms with Gasteiger partial charge in [-0.25, -0.2) is 0 Å². The predicted octanol–water partition coefficient (Wildman–Crippen LogP) is 1.90. The molecule has 1 rings (SSSR count). The molecule has 1 aliphatic rings.